The van der Waals surface area contributed by atoms with Crippen molar-refractivity contribution in [1.29, 1.82) is 0 Å². The second-order valence-electron chi connectivity index (χ2n) is 7.04. The molecule has 0 spiro atoms. The molecule has 124 valence electrons. The number of benzene rings is 1. The highest BCUT2D eigenvalue weighted by Gasteiger charge is 2.42. The minimum Gasteiger partial charge on any atom is -0.368 e. The molecule has 1 aromatic rings. The van der Waals surface area contributed by atoms with E-state index in [1.54, 1.807) is 0 Å². The van der Waals surface area contributed by atoms with E-state index in [4.69, 9.17) is 11.6 Å². The Bertz CT molecular complexity index is 585. The standard InChI is InChI=1S/C18H24ClN3O/c19-15-4-2-5-16(11-15)20-7-9-21(10-8-20)18(23)13-22-12-14-3-1-6-17(14)22/h2,4-5,11,14,17H,1,3,6-10,12-13H2. The Labute approximate surface area is 143 Å². The predicted molar refractivity (Wildman–Crippen MR) is 92.9 cm³/mol. The minimum absolute atomic E-state index is 0.307. The van der Waals surface area contributed by atoms with Crippen molar-refractivity contribution in [2.75, 3.05) is 44.2 Å². The summed E-state index contributed by atoms with van der Waals surface area (Å²) in [5.41, 5.74) is 1.15. The van der Waals surface area contributed by atoms with Crippen LogP contribution < -0.4 is 4.90 Å². The van der Waals surface area contributed by atoms with Gasteiger partial charge in [-0.15, -0.1) is 0 Å². The Morgan fingerprint density at radius 1 is 1.17 bits per heavy atom. The highest BCUT2D eigenvalue weighted by molar-refractivity contribution is 6.30. The van der Waals surface area contributed by atoms with Crippen molar-refractivity contribution in [2.24, 2.45) is 5.92 Å². The molecular weight excluding hydrogens is 310 g/mol. The van der Waals surface area contributed by atoms with Crippen molar-refractivity contribution in [3.05, 3.63) is 29.3 Å². The third kappa shape index (κ3) is 3.07. The van der Waals surface area contributed by atoms with Crippen LogP contribution in [0.15, 0.2) is 24.3 Å². The number of carbonyl (C=O) groups is 1. The predicted octanol–water partition coefficient (Wildman–Crippen LogP) is 2.47. The molecular formula is C18H24ClN3O. The largest absolute Gasteiger partial charge is 0.368 e. The summed E-state index contributed by atoms with van der Waals surface area (Å²) in [7, 11) is 0. The Kier molecular flexibility index (Phi) is 4.20. The van der Waals surface area contributed by atoms with Gasteiger partial charge in [-0.05, 0) is 37.0 Å². The van der Waals surface area contributed by atoms with Crippen LogP contribution in [0.4, 0.5) is 5.69 Å². The van der Waals surface area contributed by atoms with Crippen LogP contribution in [0.2, 0.25) is 5.02 Å². The lowest BCUT2D eigenvalue weighted by Gasteiger charge is -2.45. The summed E-state index contributed by atoms with van der Waals surface area (Å²) in [4.78, 5) is 19.3. The average Bonchev–Trinajstić information content (AvgIpc) is 2.93. The van der Waals surface area contributed by atoms with Crippen LogP contribution in [0.3, 0.4) is 0 Å². The van der Waals surface area contributed by atoms with E-state index in [9.17, 15) is 4.79 Å². The second-order valence-corrected chi connectivity index (χ2v) is 7.47. The fraction of sp³-hybridized carbons (Fsp3) is 0.611. The van der Waals surface area contributed by atoms with Crippen LogP contribution in [0.25, 0.3) is 0 Å². The summed E-state index contributed by atoms with van der Waals surface area (Å²) in [6, 6.07) is 8.67. The van der Waals surface area contributed by atoms with E-state index in [1.165, 1.54) is 19.3 Å². The first-order valence-corrected chi connectivity index (χ1v) is 9.11. The van der Waals surface area contributed by atoms with Gasteiger partial charge in [0, 0.05) is 49.5 Å². The van der Waals surface area contributed by atoms with Crippen molar-refractivity contribution in [1.82, 2.24) is 9.80 Å². The number of hydrogen-bond donors (Lipinski definition) is 0. The molecule has 0 bridgehead atoms. The molecule has 2 atom stereocenters. The van der Waals surface area contributed by atoms with Gasteiger partial charge in [0.2, 0.25) is 5.91 Å². The molecule has 0 aromatic heterocycles. The van der Waals surface area contributed by atoms with E-state index in [0.717, 1.165) is 49.4 Å². The molecule has 4 nitrogen and oxygen atoms in total. The van der Waals surface area contributed by atoms with Gasteiger partial charge in [-0.2, -0.15) is 0 Å². The lowest BCUT2D eigenvalue weighted by molar-refractivity contribution is -0.135. The van der Waals surface area contributed by atoms with Gasteiger partial charge >= 0.3 is 0 Å². The molecule has 2 aliphatic heterocycles. The SMILES string of the molecule is O=C(CN1CC2CCCC21)N1CCN(c2cccc(Cl)c2)CC1. The first kappa shape index (κ1) is 15.3. The fourth-order valence-electron chi connectivity index (χ4n) is 4.35. The molecule has 23 heavy (non-hydrogen) atoms. The van der Waals surface area contributed by atoms with Crippen molar-refractivity contribution in [2.45, 2.75) is 25.3 Å². The number of halogens is 1. The summed E-state index contributed by atoms with van der Waals surface area (Å²) >= 11 is 6.07. The van der Waals surface area contributed by atoms with Gasteiger partial charge < -0.3 is 9.80 Å². The molecule has 4 rings (SSSR count). The number of rotatable bonds is 3. The summed E-state index contributed by atoms with van der Waals surface area (Å²) in [5.74, 6) is 1.18. The van der Waals surface area contributed by atoms with E-state index >= 15 is 0 Å². The second kappa shape index (κ2) is 6.33. The van der Waals surface area contributed by atoms with Gasteiger partial charge in [-0.3, -0.25) is 9.69 Å². The third-order valence-electron chi connectivity index (χ3n) is 5.70. The van der Waals surface area contributed by atoms with Gasteiger partial charge in [-0.1, -0.05) is 24.1 Å². The summed E-state index contributed by atoms with van der Waals surface area (Å²) in [6.07, 6.45) is 4.01. The van der Waals surface area contributed by atoms with Gasteiger partial charge in [0.05, 0.1) is 6.54 Å². The maximum Gasteiger partial charge on any atom is 0.236 e. The molecule has 1 saturated carbocycles. The molecule has 3 aliphatic rings. The number of anilines is 1. The molecule has 2 unspecified atom stereocenters. The zero-order valence-electron chi connectivity index (χ0n) is 13.5. The van der Waals surface area contributed by atoms with Crippen molar-refractivity contribution in [3.8, 4) is 0 Å². The number of amides is 1. The van der Waals surface area contributed by atoms with Crippen LogP contribution in [0, 0.1) is 5.92 Å². The minimum atomic E-state index is 0.307. The van der Waals surface area contributed by atoms with Gasteiger partial charge in [0.1, 0.15) is 0 Å². The van der Waals surface area contributed by atoms with Crippen LogP contribution in [-0.4, -0.2) is 61.0 Å². The Hall–Kier alpha value is -1.26. The van der Waals surface area contributed by atoms with Crippen molar-refractivity contribution < 1.29 is 4.79 Å². The van der Waals surface area contributed by atoms with Gasteiger partial charge in [-0.25, -0.2) is 0 Å². The number of likely N-dealkylation sites (tertiary alicyclic amines) is 1. The Morgan fingerprint density at radius 3 is 2.74 bits per heavy atom. The zero-order valence-corrected chi connectivity index (χ0v) is 14.2. The highest BCUT2D eigenvalue weighted by atomic mass is 35.5. The van der Waals surface area contributed by atoms with E-state index in [1.807, 2.05) is 23.1 Å². The molecule has 0 radical (unpaired) electrons. The molecule has 3 fully saturated rings. The molecule has 1 aliphatic carbocycles. The smallest absolute Gasteiger partial charge is 0.236 e. The van der Waals surface area contributed by atoms with Crippen LogP contribution in [0.5, 0.6) is 0 Å². The molecule has 5 heteroatoms. The lowest BCUT2D eigenvalue weighted by Crippen LogP contribution is -2.58. The lowest BCUT2D eigenvalue weighted by atomic mass is 9.92. The van der Waals surface area contributed by atoms with Gasteiger partial charge in [0.15, 0.2) is 0 Å². The maximum absolute atomic E-state index is 12.5. The summed E-state index contributed by atoms with van der Waals surface area (Å²) < 4.78 is 0. The topological polar surface area (TPSA) is 26.8 Å². The molecule has 2 saturated heterocycles. The van der Waals surface area contributed by atoms with Crippen LogP contribution >= 0.6 is 11.6 Å². The average molecular weight is 334 g/mol. The van der Waals surface area contributed by atoms with E-state index < -0.39 is 0 Å². The van der Waals surface area contributed by atoms with Crippen molar-refractivity contribution in [3.63, 3.8) is 0 Å². The Morgan fingerprint density at radius 2 is 2.00 bits per heavy atom. The quantitative estimate of drug-likeness (QED) is 0.850. The first-order valence-electron chi connectivity index (χ1n) is 8.73. The van der Waals surface area contributed by atoms with Crippen LogP contribution in [0.1, 0.15) is 19.3 Å². The molecule has 2 heterocycles. The third-order valence-corrected chi connectivity index (χ3v) is 5.94. The van der Waals surface area contributed by atoms with Gasteiger partial charge in [0.25, 0.3) is 0 Å². The zero-order chi connectivity index (χ0) is 15.8. The monoisotopic (exact) mass is 333 g/mol. The first-order chi connectivity index (χ1) is 11.2. The Balaban J connectivity index is 1.28. The van der Waals surface area contributed by atoms with Crippen LogP contribution in [-0.2, 0) is 4.79 Å². The number of nitrogens with zero attached hydrogens (tertiary/aromatic N) is 3. The molecule has 1 amide bonds. The summed E-state index contributed by atoms with van der Waals surface area (Å²) in [5, 5.41) is 0.768. The maximum atomic E-state index is 12.5. The van der Waals surface area contributed by atoms with E-state index in [0.29, 0.717) is 18.5 Å². The molecule has 0 N–H and O–H groups in total. The summed E-state index contributed by atoms with van der Waals surface area (Å²) in [6.45, 7) is 5.16. The van der Waals surface area contributed by atoms with Crippen molar-refractivity contribution >= 4 is 23.2 Å². The van der Waals surface area contributed by atoms with E-state index in [-0.39, 0.29) is 0 Å². The number of hydrogen-bond acceptors (Lipinski definition) is 3. The molecule has 1 aromatic carbocycles. The van der Waals surface area contributed by atoms with E-state index in [2.05, 4.69) is 15.9 Å². The highest BCUT2D eigenvalue weighted by Crippen LogP contribution is 2.38. The number of carbonyl (C=O) groups excluding carboxylic acids is 1. The fourth-order valence-corrected chi connectivity index (χ4v) is 4.54. The number of fused-ring (bicyclic) bond motifs is 1. The number of piperazine rings is 1. The normalized spacial score (nSPS) is 27.7.